The van der Waals surface area contributed by atoms with Crippen LogP contribution in [0.25, 0.3) is 0 Å². The predicted octanol–water partition coefficient (Wildman–Crippen LogP) is 2.06. The second-order valence-electron chi connectivity index (χ2n) is 7.06. The van der Waals surface area contributed by atoms with Crippen LogP contribution < -0.4 is 5.32 Å². The van der Waals surface area contributed by atoms with E-state index in [1.54, 1.807) is 0 Å². The van der Waals surface area contributed by atoms with Crippen molar-refractivity contribution in [2.24, 2.45) is 0 Å². The van der Waals surface area contributed by atoms with E-state index in [1.807, 2.05) is 9.80 Å². The summed E-state index contributed by atoms with van der Waals surface area (Å²) in [6.07, 6.45) is 4.26. The molecule has 1 aromatic rings. The summed E-state index contributed by atoms with van der Waals surface area (Å²) in [5.74, 6) is -1.09. The van der Waals surface area contributed by atoms with E-state index >= 15 is 0 Å². The van der Waals surface area contributed by atoms with Crippen LogP contribution in [0.15, 0.2) is 18.2 Å². The summed E-state index contributed by atoms with van der Waals surface area (Å²) >= 11 is 0. The SMILES string of the molecule is O=C(CN(Cc1ccc(F)cc1F)C1CC1)NCCCN1CCCC1=O. The number of carbonyl (C=O) groups excluding carboxylic acids is 2. The van der Waals surface area contributed by atoms with Gasteiger partial charge in [-0.05, 0) is 31.7 Å². The number of rotatable bonds is 9. The standard InChI is InChI=1S/C19H25F2N3O2/c20-15-5-4-14(17(21)11-15)12-24(16-6-7-16)13-18(25)22-8-2-10-23-9-1-3-19(23)26/h4-5,11,16H,1-3,6-10,12-13H2,(H,22,25). The zero-order valence-electron chi connectivity index (χ0n) is 14.8. The molecule has 1 aliphatic carbocycles. The van der Waals surface area contributed by atoms with Gasteiger partial charge in [0.1, 0.15) is 11.6 Å². The van der Waals surface area contributed by atoms with Gasteiger partial charge < -0.3 is 10.2 Å². The number of carbonyl (C=O) groups is 2. The van der Waals surface area contributed by atoms with Crippen molar-refractivity contribution in [3.8, 4) is 0 Å². The Balaban J connectivity index is 1.42. The van der Waals surface area contributed by atoms with Gasteiger partial charge in [0.2, 0.25) is 11.8 Å². The van der Waals surface area contributed by atoms with Gasteiger partial charge in [-0.15, -0.1) is 0 Å². The molecule has 0 bridgehead atoms. The molecule has 7 heteroatoms. The maximum absolute atomic E-state index is 13.9. The Morgan fingerprint density at radius 3 is 2.77 bits per heavy atom. The first kappa shape index (κ1) is 18.8. The van der Waals surface area contributed by atoms with Crippen molar-refractivity contribution < 1.29 is 18.4 Å². The molecule has 26 heavy (non-hydrogen) atoms. The third-order valence-electron chi connectivity index (χ3n) is 4.90. The topological polar surface area (TPSA) is 52.7 Å². The number of nitrogens with zero attached hydrogens (tertiary/aromatic N) is 2. The van der Waals surface area contributed by atoms with Crippen LogP contribution in [0, 0.1) is 11.6 Å². The van der Waals surface area contributed by atoms with Gasteiger partial charge in [0.05, 0.1) is 6.54 Å². The Morgan fingerprint density at radius 1 is 1.31 bits per heavy atom. The largest absolute Gasteiger partial charge is 0.355 e. The molecule has 1 heterocycles. The molecule has 1 saturated heterocycles. The van der Waals surface area contributed by atoms with Crippen molar-refractivity contribution >= 4 is 11.8 Å². The van der Waals surface area contributed by atoms with Crippen LogP contribution in [0.4, 0.5) is 8.78 Å². The third kappa shape index (κ3) is 5.24. The maximum atomic E-state index is 13.9. The molecule has 1 aliphatic heterocycles. The molecule has 2 fully saturated rings. The molecule has 142 valence electrons. The number of amides is 2. The highest BCUT2D eigenvalue weighted by Crippen LogP contribution is 2.28. The average molecular weight is 365 g/mol. The zero-order chi connectivity index (χ0) is 18.5. The molecule has 0 spiro atoms. The Hall–Kier alpha value is -2.02. The lowest BCUT2D eigenvalue weighted by Gasteiger charge is -2.22. The summed E-state index contributed by atoms with van der Waals surface area (Å²) in [4.78, 5) is 27.5. The minimum atomic E-state index is -0.599. The van der Waals surface area contributed by atoms with E-state index < -0.39 is 11.6 Å². The molecule has 2 amide bonds. The Bertz CT molecular complexity index is 664. The highest BCUT2D eigenvalue weighted by Gasteiger charge is 2.30. The van der Waals surface area contributed by atoms with E-state index in [2.05, 4.69) is 5.32 Å². The van der Waals surface area contributed by atoms with E-state index in [0.717, 1.165) is 38.3 Å². The van der Waals surface area contributed by atoms with Crippen LogP contribution in [0.2, 0.25) is 0 Å². The van der Waals surface area contributed by atoms with E-state index in [1.165, 1.54) is 12.1 Å². The number of benzene rings is 1. The monoisotopic (exact) mass is 365 g/mol. The molecular formula is C19H25F2N3O2. The fourth-order valence-corrected chi connectivity index (χ4v) is 3.30. The summed E-state index contributed by atoms with van der Waals surface area (Å²) in [6, 6.07) is 3.83. The average Bonchev–Trinajstić information content (AvgIpc) is 3.36. The number of nitrogens with one attached hydrogen (secondary N) is 1. The molecule has 1 N–H and O–H groups in total. The first-order valence-corrected chi connectivity index (χ1v) is 9.25. The molecule has 2 aliphatic rings. The zero-order valence-corrected chi connectivity index (χ0v) is 14.8. The first-order chi connectivity index (χ1) is 12.5. The Labute approximate surface area is 152 Å². The highest BCUT2D eigenvalue weighted by molar-refractivity contribution is 5.78. The van der Waals surface area contributed by atoms with E-state index in [-0.39, 0.29) is 24.4 Å². The van der Waals surface area contributed by atoms with Gasteiger partial charge >= 0.3 is 0 Å². The van der Waals surface area contributed by atoms with Crippen LogP contribution >= 0.6 is 0 Å². The number of hydrogen-bond donors (Lipinski definition) is 1. The van der Waals surface area contributed by atoms with Crippen molar-refractivity contribution in [2.45, 2.75) is 44.7 Å². The van der Waals surface area contributed by atoms with E-state index in [4.69, 9.17) is 0 Å². The second kappa shape index (κ2) is 8.58. The third-order valence-corrected chi connectivity index (χ3v) is 4.90. The molecule has 3 rings (SSSR count). The fraction of sp³-hybridized carbons (Fsp3) is 0.579. The first-order valence-electron chi connectivity index (χ1n) is 9.25. The molecule has 0 unspecified atom stereocenters. The second-order valence-corrected chi connectivity index (χ2v) is 7.06. The van der Waals surface area contributed by atoms with Crippen molar-refractivity contribution in [1.29, 1.82) is 0 Å². The number of hydrogen-bond acceptors (Lipinski definition) is 3. The van der Waals surface area contributed by atoms with Crippen molar-refractivity contribution in [1.82, 2.24) is 15.1 Å². The quantitative estimate of drug-likeness (QED) is 0.682. The fourth-order valence-electron chi connectivity index (χ4n) is 3.30. The van der Waals surface area contributed by atoms with Gasteiger partial charge in [0.25, 0.3) is 0 Å². The number of likely N-dealkylation sites (tertiary alicyclic amines) is 1. The number of halogens is 2. The van der Waals surface area contributed by atoms with Crippen LogP contribution in [-0.4, -0.2) is 53.8 Å². The summed E-state index contributed by atoms with van der Waals surface area (Å²) < 4.78 is 26.9. The summed E-state index contributed by atoms with van der Waals surface area (Å²) in [5.41, 5.74) is 0.402. The molecule has 0 aromatic heterocycles. The highest BCUT2D eigenvalue weighted by atomic mass is 19.1. The molecule has 1 saturated carbocycles. The Morgan fingerprint density at radius 2 is 2.12 bits per heavy atom. The van der Waals surface area contributed by atoms with Gasteiger partial charge in [-0.3, -0.25) is 14.5 Å². The minimum absolute atomic E-state index is 0.104. The van der Waals surface area contributed by atoms with Crippen LogP contribution in [-0.2, 0) is 16.1 Å². The smallest absolute Gasteiger partial charge is 0.234 e. The summed E-state index contributed by atoms with van der Waals surface area (Å²) in [6.45, 7) is 2.50. The lowest BCUT2D eigenvalue weighted by Crippen LogP contribution is -2.39. The maximum Gasteiger partial charge on any atom is 0.234 e. The van der Waals surface area contributed by atoms with Gasteiger partial charge in [0.15, 0.2) is 0 Å². The minimum Gasteiger partial charge on any atom is -0.355 e. The summed E-state index contributed by atoms with van der Waals surface area (Å²) in [5, 5.41) is 2.87. The van der Waals surface area contributed by atoms with Crippen molar-refractivity contribution in [3.05, 3.63) is 35.4 Å². The van der Waals surface area contributed by atoms with Crippen LogP contribution in [0.5, 0.6) is 0 Å². The summed E-state index contributed by atoms with van der Waals surface area (Å²) in [7, 11) is 0. The van der Waals surface area contributed by atoms with E-state index in [0.29, 0.717) is 31.6 Å². The molecule has 1 aromatic carbocycles. The van der Waals surface area contributed by atoms with Crippen molar-refractivity contribution in [2.75, 3.05) is 26.2 Å². The molecule has 0 radical (unpaired) electrons. The molecular weight excluding hydrogens is 340 g/mol. The lowest BCUT2D eigenvalue weighted by atomic mass is 10.2. The predicted molar refractivity (Wildman–Crippen MR) is 93.2 cm³/mol. The van der Waals surface area contributed by atoms with E-state index in [9.17, 15) is 18.4 Å². The van der Waals surface area contributed by atoms with Gasteiger partial charge in [-0.1, -0.05) is 6.07 Å². The normalized spacial score (nSPS) is 17.2. The van der Waals surface area contributed by atoms with Crippen LogP contribution in [0.3, 0.4) is 0 Å². The molecule has 5 nitrogen and oxygen atoms in total. The van der Waals surface area contributed by atoms with Gasteiger partial charge in [-0.25, -0.2) is 8.78 Å². The van der Waals surface area contributed by atoms with Gasteiger partial charge in [0, 0.05) is 50.3 Å². The lowest BCUT2D eigenvalue weighted by molar-refractivity contribution is -0.127. The Kier molecular flexibility index (Phi) is 6.19. The van der Waals surface area contributed by atoms with Crippen LogP contribution in [0.1, 0.15) is 37.7 Å². The van der Waals surface area contributed by atoms with Gasteiger partial charge in [-0.2, -0.15) is 0 Å². The van der Waals surface area contributed by atoms with Crippen molar-refractivity contribution in [3.63, 3.8) is 0 Å². The molecule has 0 atom stereocenters.